The van der Waals surface area contributed by atoms with Gasteiger partial charge in [-0.15, -0.1) is 0 Å². The van der Waals surface area contributed by atoms with Crippen LogP contribution >= 0.6 is 0 Å². The van der Waals surface area contributed by atoms with Crippen LogP contribution < -0.4 is 16.8 Å². The van der Waals surface area contributed by atoms with Crippen molar-refractivity contribution in [3.05, 3.63) is 11.9 Å². The summed E-state index contributed by atoms with van der Waals surface area (Å²) < 4.78 is 24.9. The highest BCUT2D eigenvalue weighted by Gasteiger charge is 2.32. The van der Waals surface area contributed by atoms with E-state index in [1.807, 2.05) is 0 Å². The molecule has 1 heterocycles. The number of nitrogens with one attached hydrogen (secondary N) is 1. The molecule has 0 spiro atoms. The lowest BCUT2D eigenvalue weighted by Crippen LogP contribution is -2.44. The molecule has 1 aliphatic rings. The summed E-state index contributed by atoms with van der Waals surface area (Å²) in [6, 6.07) is -0.684. The minimum absolute atomic E-state index is 0.165. The van der Waals surface area contributed by atoms with E-state index in [9.17, 15) is 9.18 Å². The molecule has 1 rings (SSSR count). The quantitative estimate of drug-likeness (QED) is 0.674. The average molecular weight is 330 g/mol. The smallest absolute Gasteiger partial charge is 0.407 e. The van der Waals surface area contributed by atoms with E-state index in [1.54, 1.807) is 27.8 Å². The van der Waals surface area contributed by atoms with Crippen molar-refractivity contribution in [1.29, 1.82) is 0 Å². The maximum atomic E-state index is 14.2. The number of ether oxygens (including phenoxy) is 2. The lowest BCUT2D eigenvalue weighted by Gasteiger charge is -2.24. The summed E-state index contributed by atoms with van der Waals surface area (Å²) in [6.45, 7) is 5.08. The van der Waals surface area contributed by atoms with Crippen molar-refractivity contribution in [1.82, 2.24) is 5.32 Å². The molecular weight excluding hydrogens is 303 g/mol. The van der Waals surface area contributed by atoms with E-state index in [-0.39, 0.29) is 6.61 Å². The van der Waals surface area contributed by atoms with Crippen LogP contribution in [0.2, 0.25) is 0 Å². The summed E-state index contributed by atoms with van der Waals surface area (Å²) in [7, 11) is 1.57. The van der Waals surface area contributed by atoms with Gasteiger partial charge in [-0.1, -0.05) is 0 Å². The second kappa shape index (κ2) is 8.14. The third-order valence-electron chi connectivity index (χ3n) is 3.36. The normalized spacial score (nSPS) is 27.3. The molecule has 0 aliphatic carbocycles. The van der Waals surface area contributed by atoms with E-state index in [4.69, 9.17) is 20.9 Å². The number of carbonyl (C=O) groups excluding carboxylic acids is 1. The van der Waals surface area contributed by atoms with Crippen LogP contribution in [0.1, 0.15) is 33.6 Å². The molecule has 1 aliphatic heterocycles. The second-order valence-corrected chi connectivity index (χ2v) is 6.40. The Morgan fingerprint density at radius 2 is 2.09 bits per heavy atom. The zero-order valence-electron chi connectivity index (χ0n) is 14.1. The summed E-state index contributed by atoms with van der Waals surface area (Å²) in [5, 5.41) is 2.56. The van der Waals surface area contributed by atoms with Crippen molar-refractivity contribution in [2.75, 3.05) is 13.7 Å². The molecule has 0 aromatic carbocycles. The summed E-state index contributed by atoms with van der Waals surface area (Å²) in [5.74, 6) is 0. The zero-order chi connectivity index (χ0) is 17.6. The third kappa shape index (κ3) is 6.05. The van der Waals surface area contributed by atoms with Crippen LogP contribution in [0.4, 0.5) is 9.18 Å². The molecule has 3 atom stereocenters. The van der Waals surface area contributed by atoms with Crippen LogP contribution in [0.5, 0.6) is 0 Å². The molecule has 8 heteroatoms. The Kier molecular flexibility index (Phi) is 6.80. The van der Waals surface area contributed by atoms with Gasteiger partial charge in [0.15, 0.2) is 0 Å². The van der Waals surface area contributed by atoms with E-state index in [2.05, 4.69) is 10.3 Å². The third-order valence-corrected chi connectivity index (χ3v) is 3.36. The number of alkyl halides is 1. The van der Waals surface area contributed by atoms with E-state index >= 15 is 0 Å². The van der Waals surface area contributed by atoms with Gasteiger partial charge in [-0.3, -0.25) is 4.99 Å². The highest BCUT2D eigenvalue weighted by molar-refractivity contribution is 6.02. The maximum Gasteiger partial charge on any atom is 0.407 e. The Morgan fingerprint density at radius 3 is 2.61 bits per heavy atom. The molecule has 7 nitrogen and oxygen atoms in total. The van der Waals surface area contributed by atoms with Gasteiger partial charge in [0.1, 0.15) is 17.9 Å². The Hall–Kier alpha value is -1.83. The van der Waals surface area contributed by atoms with Crippen molar-refractivity contribution in [3.63, 3.8) is 0 Å². The van der Waals surface area contributed by atoms with Crippen LogP contribution in [0.15, 0.2) is 16.9 Å². The van der Waals surface area contributed by atoms with Gasteiger partial charge in [0.05, 0.1) is 24.1 Å². The van der Waals surface area contributed by atoms with E-state index < -0.39 is 30.0 Å². The molecular formula is C15H27FN4O3. The lowest BCUT2D eigenvalue weighted by molar-refractivity contribution is 0.0406. The highest BCUT2D eigenvalue weighted by atomic mass is 19.1. The molecule has 1 saturated heterocycles. The molecule has 0 aromatic rings. The van der Waals surface area contributed by atoms with Gasteiger partial charge < -0.3 is 26.3 Å². The summed E-state index contributed by atoms with van der Waals surface area (Å²) in [5.41, 5.74) is 11.3. The molecule has 1 fully saturated rings. The zero-order valence-corrected chi connectivity index (χ0v) is 14.1. The first kappa shape index (κ1) is 19.2. The minimum Gasteiger partial charge on any atom is -0.444 e. The number of hydrogen-bond donors (Lipinski definition) is 3. The maximum absolute atomic E-state index is 14.2. The molecule has 5 N–H and O–H groups in total. The Balaban J connectivity index is 2.70. The van der Waals surface area contributed by atoms with Crippen molar-refractivity contribution < 1.29 is 18.7 Å². The summed E-state index contributed by atoms with van der Waals surface area (Å²) in [6.07, 6.45) is -0.365. The Bertz CT molecular complexity index is 474. The van der Waals surface area contributed by atoms with Crippen LogP contribution in [0, 0.1) is 0 Å². The number of rotatable bonds is 3. The van der Waals surface area contributed by atoms with Gasteiger partial charge >= 0.3 is 6.09 Å². The van der Waals surface area contributed by atoms with Gasteiger partial charge in [0, 0.05) is 13.2 Å². The molecule has 1 amide bonds. The Morgan fingerprint density at radius 1 is 1.43 bits per heavy atom. The van der Waals surface area contributed by atoms with Gasteiger partial charge in [0.25, 0.3) is 0 Å². The molecule has 0 saturated carbocycles. The molecule has 0 radical (unpaired) electrons. The van der Waals surface area contributed by atoms with Crippen molar-refractivity contribution in [2.45, 2.75) is 57.5 Å². The van der Waals surface area contributed by atoms with Crippen LogP contribution in [-0.2, 0) is 9.47 Å². The fourth-order valence-electron chi connectivity index (χ4n) is 2.30. The Labute approximate surface area is 136 Å². The second-order valence-electron chi connectivity index (χ2n) is 6.40. The standard InChI is InChI=1S/C15H27FN4O3/c1-15(2,3)23-14(21)20-11-5-6-12(22-8-9(11)16)13(19-4)10(18)7-17/h7,9,11-12H,5-6,8,17-18H2,1-4H3,(H,20,21)/t9-,11-,12?/m1/s1. The van der Waals surface area contributed by atoms with Crippen LogP contribution in [0.3, 0.4) is 0 Å². The largest absolute Gasteiger partial charge is 0.444 e. The fourth-order valence-corrected chi connectivity index (χ4v) is 2.30. The summed E-state index contributed by atoms with van der Waals surface area (Å²) >= 11 is 0. The number of halogens is 1. The van der Waals surface area contributed by atoms with Crippen molar-refractivity contribution in [2.24, 2.45) is 16.5 Å². The molecule has 23 heavy (non-hydrogen) atoms. The van der Waals surface area contributed by atoms with Gasteiger partial charge in [0.2, 0.25) is 0 Å². The van der Waals surface area contributed by atoms with Crippen LogP contribution in [0.25, 0.3) is 0 Å². The average Bonchev–Trinajstić information content (AvgIpc) is 2.61. The number of alkyl carbamates (subject to hydrolysis) is 1. The van der Waals surface area contributed by atoms with E-state index in [1.165, 1.54) is 6.20 Å². The number of nitrogens with two attached hydrogens (primary N) is 2. The monoisotopic (exact) mass is 330 g/mol. The van der Waals surface area contributed by atoms with E-state index in [0.29, 0.717) is 24.3 Å². The van der Waals surface area contributed by atoms with Crippen molar-refractivity contribution in [3.8, 4) is 0 Å². The first-order valence-corrected chi connectivity index (χ1v) is 7.57. The highest BCUT2D eigenvalue weighted by Crippen LogP contribution is 2.20. The predicted molar refractivity (Wildman–Crippen MR) is 86.8 cm³/mol. The number of aliphatic imine (C=N–C) groups is 1. The molecule has 132 valence electrons. The van der Waals surface area contributed by atoms with E-state index in [0.717, 1.165) is 0 Å². The first-order chi connectivity index (χ1) is 10.7. The van der Waals surface area contributed by atoms with Crippen molar-refractivity contribution >= 4 is 11.8 Å². The topological polar surface area (TPSA) is 112 Å². The number of hydrogen-bond acceptors (Lipinski definition) is 6. The lowest BCUT2D eigenvalue weighted by atomic mass is 10.0. The van der Waals surface area contributed by atoms with Gasteiger partial charge in [-0.2, -0.15) is 0 Å². The van der Waals surface area contributed by atoms with Gasteiger partial charge in [-0.05, 0) is 33.6 Å². The SMILES string of the molecule is CN=C(C(N)=CN)C1CC[C@@H](NC(=O)OC(C)(C)C)[C@H](F)CO1. The summed E-state index contributed by atoms with van der Waals surface area (Å²) in [4.78, 5) is 15.9. The molecule has 1 unspecified atom stereocenters. The van der Waals surface area contributed by atoms with Gasteiger partial charge in [-0.25, -0.2) is 9.18 Å². The number of amides is 1. The molecule has 0 bridgehead atoms. The fraction of sp³-hybridized carbons (Fsp3) is 0.733. The number of nitrogens with zero attached hydrogens (tertiary/aromatic N) is 1. The number of carbonyl (C=O) groups is 1. The molecule has 0 aromatic heterocycles. The predicted octanol–water partition coefficient (Wildman–Crippen LogP) is 1.23. The minimum atomic E-state index is -1.34. The first-order valence-electron chi connectivity index (χ1n) is 7.57. The van der Waals surface area contributed by atoms with Crippen LogP contribution in [-0.4, -0.2) is 49.4 Å².